The van der Waals surface area contributed by atoms with E-state index in [-0.39, 0.29) is 5.91 Å². The molecule has 1 amide bonds. The normalized spacial score (nSPS) is 10.2. The third-order valence-corrected chi connectivity index (χ3v) is 1.48. The van der Waals surface area contributed by atoms with Crippen LogP contribution < -0.4 is 11.7 Å². The molecule has 0 bridgehead atoms. The second-order valence-electron chi connectivity index (χ2n) is 2.46. The smallest absolute Gasteiger partial charge is 0.266 e. The Labute approximate surface area is 75.7 Å². The van der Waals surface area contributed by atoms with Gasteiger partial charge in [0.15, 0.2) is 0 Å². The quantitative estimate of drug-likeness (QED) is 0.351. The fourth-order valence-electron chi connectivity index (χ4n) is 0.770. The highest BCUT2D eigenvalue weighted by Crippen LogP contribution is 1.99. The molecule has 0 fully saturated rings. The van der Waals surface area contributed by atoms with Gasteiger partial charge in [-0.1, -0.05) is 0 Å². The molecule has 0 saturated heterocycles. The van der Waals surface area contributed by atoms with E-state index in [1.165, 1.54) is 19.4 Å². The SMILES string of the molecule is CN(N)N(N)C(=O)c1ccncc1. The second-order valence-corrected chi connectivity index (χ2v) is 2.46. The molecule has 6 nitrogen and oxygen atoms in total. The highest BCUT2D eigenvalue weighted by Gasteiger charge is 2.13. The Hall–Kier alpha value is -1.50. The maximum Gasteiger partial charge on any atom is 0.284 e. The largest absolute Gasteiger partial charge is 0.284 e. The van der Waals surface area contributed by atoms with Gasteiger partial charge in [0.1, 0.15) is 0 Å². The first-order chi connectivity index (χ1) is 6.13. The minimum atomic E-state index is -0.382. The molecule has 0 aliphatic rings. The van der Waals surface area contributed by atoms with E-state index in [2.05, 4.69) is 4.98 Å². The predicted molar refractivity (Wildman–Crippen MR) is 46.5 cm³/mol. The zero-order valence-corrected chi connectivity index (χ0v) is 7.21. The van der Waals surface area contributed by atoms with E-state index in [1.807, 2.05) is 0 Å². The fraction of sp³-hybridized carbons (Fsp3) is 0.143. The van der Waals surface area contributed by atoms with Gasteiger partial charge in [-0.05, 0) is 12.1 Å². The van der Waals surface area contributed by atoms with Gasteiger partial charge in [0.25, 0.3) is 5.91 Å². The Morgan fingerprint density at radius 2 is 1.92 bits per heavy atom. The van der Waals surface area contributed by atoms with Gasteiger partial charge in [-0.15, -0.1) is 5.12 Å². The summed E-state index contributed by atoms with van der Waals surface area (Å²) in [5.41, 5.74) is 0.440. The number of carbonyl (C=O) groups excluding carboxylic acids is 1. The first-order valence-electron chi connectivity index (χ1n) is 3.60. The summed E-state index contributed by atoms with van der Waals surface area (Å²) in [4.78, 5) is 15.2. The van der Waals surface area contributed by atoms with Crippen molar-refractivity contribution in [2.24, 2.45) is 11.7 Å². The Morgan fingerprint density at radius 3 is 2.38 bits per heavy atom. The van der Waals surface area contributed by atoms with E-state index < -0.39 is 0 Å². The van der Waals surface area contributed by atoms with Crippen molar-refractivity contribution in [1.29, 1.82) is 0 Å². The minimum Gasteiger partial charge on any atom is -0.266 e. The summed E-state index contributed by atoms with van der Waals surface area (Å²) in [6.45, 7) is 0. The maximum absolute atomic E-state index is 11.4. The van der Waals surface area contributed by atoms with Crippen LogP contribution in [0, 0.1) is 0 Å². The van der Waals surface area contributed by atoms with Gasteiger partial charge >= 0.3 is 0 Å². The predicted octanol–water partition coefficient (Wildman–Crippen LogP) is -0.882. The zero-order chi connectivity index (χ0) is 9.84. The van der Waals surface area contributed by atoms with Crippen molar-refractivity contribution in [3.8, 4) is 0 Å². The van der Waals surface area contributed by atoms with Crippen LogP contribution in [0.15, 0.2) is 24.5 Å². The summed E-state index contributed by atoms with van der Waals surface area (Å²) in [6.07, 6.45) is 3.02. The highest BCUT2D eigenvalue weighted by molar-refractivity contribution is 5.93. The van der Waals surface area contributed by atoms with Crippen molar-refractivity contribution < 1.29 is 4.79 Å². The molecule has 1 rings (SSSR count). The van der Waals surface area contributed by atoms with E-state index >= 15 is 0 Å². The van der Waals surface area contributed by atoms with Crippen LogP contribution in [-0.2, 0) is 0 Å². The molecule has 0 aliphatic heterocycles. The standard InChI is InChI=1S/C7H11N5O/c1-11(8)12(9)7(13)6-2-4-10-5-3-6/h2-5H,8-9H2,1H3. The molecule has 6 heteroatoms. The molecule has 1 aromatic heterocycles. The average molecular weight is 181 g/mol. The van der Waals surface area contributed by atoms with Crippen LogP contribution in [-0.4, -0.2) is 28.2 Å². The number of pyridine rings is 1. The van der Waals surface area contributed by atoms with Crippen molar-refractivity contribution in [2.45, 2.75) is 0 Å². The highest BCUT2D eigenvalue weighted by atomic mass is 16.2. The van der Waals surface area contributed by atoms with E-state index in [0.29, 0.717) is 5.56 Å². The molecule has 0 aliphatic carbocycles. The number of amides is 1. The lowest BCUT2D eigenvalue weighted by atomic mass is 10.2. The Morgan fingerprint density at radius 1 is 1.38 bits per heavy atom. The summed E-state index contributed by atoms with van der Waals surface area (Å²) < 4.78 is 0. The lowest BCUT2D eigenvalue weighted by Crippen LogP contribution is -2.52. The van der Waals surface area contributed by atoms with E-state index in [9.17, 15) is 4.79 Å². The van der Waals surface area contributed by atoms with Crippen LogP contribution in [0.1, 0.15) is 10.4 Å². The first kappa shape index (κ1) is 9.59. The molecule has 0 unspecified atom stereocenters. The lowest BCUT2D eigenvalue weighted by Gasteiger charge is -2.22. The molecule has 1 aromatic rings. The average Bonchev–Trinajstić information content (AvgIpc) is 2.17. The molecule has 4 N–H and O–H groups in total. The van der Waals surface area contributed by atoms with Gasteiger partial charge in [-0.2, -0.15) is 5.12 Å². The Kier molecular flexibility index (Phi) is 2.91. The number of hydrogen-bond acceptors (Lipinski definition) is 5. The van der Waals surface area contributed by atoms with Crippen LogP contribution in [0.25, 0.3) is 0 Å². The number of carbonyl (C=O) groups is 1. The number of nitrogens with two attached hydrogens (primary N) is 2. The summed E-state index contributed by atoms with van der Waals surface area (Å²) in [5.74, 6) is 10.2. The summed E-state index contributed by atoms with van der Waals surface area (Å²) in [5, 5.41) is 1.82. The van der Waals surface area contributed by atoms with Crippen LogP contribution >= 0.6 is 0 Å². The van der Waals surface area contributed by atoms with Crippen LogP contribution in [0.3, 0.4) is 0 Å². The van der Waals surface area contributed by atoms with Crippen LogP contribution in [0.5, 0.6) is 0 Å². The van der Waals surface area contributed by atoms with Crippen molar-refractivity contribution in [1.82, 2.24) is 15.2 Å². The van der Waals surface area contributed by atoms with Crippen LogP contribution in [0.4, 0.5) is 0 Å². The van der Waals surface area contributed by atoms with Crippen molar-refractivity contribution >= 4 is 5.91 Å². The van der Waals surface area contributed by atoms with Crippen LogP contribution in [0.2, 0.25) is 0 Å². The number of aromatic nitrogens is 1. The molecule has 0 radical (unpaired) electrons. The van der Waals surface area contributed by atoms with Gasteiger partial charge in [0.2, 0.25) is 0 Å². The monoisotopic (exact) mass is 181 g/mol. The summed E-state index contributed by atoms with van der Waals surface area (Å²) >= 11 is 0. The Bertz CT molecular complexity index is 286. The molecule has 0 aromatic carbocycles. The number of hydrazine groups is 3. The number of nitrogens with zero attached hydrogens (tertiary/aromatic N) is 3. The van der Waals surface area contributed by atoms with Gasteiger partial charge in [0, 0.05) is 25.0 Å². The minimum absolute atomic E-state index is 0.382. The van der Waals surface area contributed by atoms with Gasteiger partial charge in [-0.3, -0.25) is 9.78 Å². The third-order valence-electron chi connectivity index (χ3n) is 1.48. The topological polar surface area (TPSA) is 88.5 Å². The zero-order valence-electron chi connectivity index (χ0n) is 7.21. The molecular weight excluding hydrogens is 170 g/mol. The molecule has 13 heavy (non-hydrogen) atoms. The van der Waals surface area contributed by atoms with E-state index in [0.717, 1.165) is 10.2 Å². The van der Waals surface area contributed by atoms with Crippen molar-refractivity contribution in [2.75, 3.05) is 7.05 Å². The number of rotatable bonds is 2. The van der Waals surface area contributed by atoms with Gasteiger partial charge in [-0.25, -0.2) is 11.7 Å². The Balaban J connectivity index is 2.80. The molecule has 0 atom stereocenters. The first-order valence-corrected chi connectivity index (χ1v) is 3.60. The van der Waals surface area contributed by atoms with Gasteiger partial charge in [0.05, 0.1) is 0 Å². The van der Waals surface area contributed by atoms with E-state index in [4.69, 9.17) is 11.7 Å². The molecular formula is C7H11N5O. The van der Waals surface area contributed by atoms with Crippen molar-refractivity contribution in [3.63, 3.8) is 0 Å². The molecule has 1 heterocycles. The third kappa shape index (κ3) is 2.22. The summed E-state index contributed by atoms with van der Waals surface area (Å²) in [7, 11) is 1.47. The lowest BCUT2D eigenvalue weighted by molar-refractivity contribution is 0.00472. The molecule has 0 saturated carbocycles. The number of hydrogen-bond donors (Lipinski definition) is 2. The van der Waals surface area contributed by atoms with E-state index in [1.54, 1.807) is 12.1 Å². The second kappa shape index (κ2) is 3.94. The maximum atomic E-state index is 11.4. The molecule has 0 spiro atoms. The van der Waals surface area contributed by atoms with Gasteiger partial charge < -0.3 is 0 Å². The molecule has 70 valence electrons. The summed E-state index contributed by atoms with van der Waals surface area (Å²) in [6, 6.07) is 3.12. The van der Waals surface area contributed by atoms with Crippen molar-refractivity contribution in [3.05, 3.63) is 30.1 Å². The fourth-order valence-corrected chi connectivity index (χ4v) is 0.770.